The van der Waals surface area contributed by atoms with Crippen molar-refractivity contribution in [2.24, 2.45) is 0 Å². The molecule has 1 atom stereocenters. The fourth-order valence-corrected chi connectivity index (χ4v) is 2.83. The molecule has 0 aliphatic rings. The quantitative estimate of drug-likeness (QED) is 0.848. The van der Waals surface area contributed by atoms with Crippen LogP contribution in [0.5, 0.6) is 0 Å². The standard InChI is InChI=1S/C11H17BrN2OS/c1-3-13-8(2)6-11(15)14-7-10-9(12)4-5-16-10/h4-5,8,13H,3,6-7H2,1-2H3,(H,14,15). The van der Waals surface area contributed by atoms with Crippen LogP contribution in [0.1, 0.15) is 25.1 Å². The van der Waals surface area contributed by atoms with Gasteiger partial charge in [-0.05, 0) is 40.8 Å². The van der Waals surface area contributed by atoms with Crippen molar-refractivity contribution in [2.45, 2.75) is 32.9 Å². The summed E-state index contributed by atoms with van der Waals surface area (Å²) in [6.07, 6.45) is 0.525. The highest BCUT2D eigenvalue weighted by Gasteiger charge is 2.08. The lowest BCUT2D eigenvalue weighted by atomic mass is 10.2. The minimum Gasteiger partial charge on any atom is -0.351 e. The highest BCUT2D eigenvalue weighted by molar-refractivity contribution is 9.10. The Morgan fingerprint density at radius 1 is 1.62 bits per heavy atom. The minimum absolute atomic E-state index is 0.0914. The van der Waals surface area contributed by atoms with Gasteiger partial charge in [0.2, 0.25) is 5.91 Å². The second-order valence-electron chi connectivity index (χ2n) is 3.63. The highest BCUT2D eigenvalue weighted by Crippen LogP contribution is 2.22. The van der Waals surface area contributed by atoms with Gasteiger partial charge in [-0.3, -0.25) is 4.79 Å². The fraction of sp³-hybridized carbons (Fsp3) is 0.545. The molecule has 0 saturated heterocycles. The molecule has 0 aliphatic carbocycles. The third-order valence-corrected chi connectivity index (χ3v) is 4.11. The van der Waals surface area contributed by atoms with Gasteiger partial charge in [-0.25, -0.2) is 0 Å². The molecule has 1 aromatic rings. The number of nitrogens with one attached hydrogen (secondary N) is 2. The van der Waals surface area contributed by atoms with Gasteiger partial charge in [0, 0.05) is 21.8 Å². The summed E-state index contributed by atoms with van der Waals surface area (Å²) < 4.78 is 1.07. The zero-order valence-electron chi connectivity index (χ0n) is 9.55. The first-order valence-electron chi connectivity index (χ1n) is 5.35. The van der Waals surface area contributed by atoms with E-state index in [0.717, 1.165) is 15.9 Å². The van der Waals surface area contributed by atoms with E-state index >= 15 is 0 Å². The van der Waals surface area contributed by atoms with Crippen molar-refractivity contribution in [2.75, 3.05) is 6.54 Å². The number of thiophene rings is 1. The summed E-state index contributed by atoms with van der Waals surface area (Å²) in [5.74, 6) is 0.0914. The van der Waals surface area contributed by atoms with Gasteiger partial charge in [0.1, 0.15) is 0 Å². The summed E-state index contributed by atoms with van der Waals surface area (Å²) in [5.41, 5.74) is 0. The Hall–Kier alpha value is -0.390. The molecule has 1 rings (SSSR count). The third kappa shape index (κ3) is 4.63. The van der Waals surface area contributed by atoms with Crippen LogP contribution in [0.4, 0.5) is 0 Å². The second kappa shape index (κ2) is 7.04. The topological polar surface area (TPSA) is 41.1 Å². The van der Waals surface area contributed by atoms with E-state index in [9.17, 15) is 4.79 Å². The number of carbonyl (C=O) groups excluding carboxylic acids is 1. The molecule has 0 aromatic carbocycles. The van der Waals surface area contributed by atoms with Crippen LogP contribution < -0.4 is 10.6 Å². The van der Waals surface area contributed by atoms with Crippen LogP contribution in [0.25, 0.3) is 0 Å². The van der Waals surface area contributed by atoms with Crippen molar-refractivity contribution >= 4 is 33.2 Å². The van der Waals surface area contributed by atoms with E-state index in [1.54, 1.807) is 11.3 Å². The molecule has 0 bridgehead atoms. The lowest BCUT2D eigenvalue weighted by Gasteiger charge is -2.11. The second-order valence-corrected chi connectivity index (χ2v) is 5.49. The van der Waals surface area contributed by atoms with Gasteiger partial charge in [0.05, 0.1) is 6.54 Å². The van der Waals surface area contributed by atoms with E-state index in [2.05, 4.69) is 26.6 Å². The summed E-state index contributed by atoms with van der Waals surface area (Å²) in [7, 11) is 0. The molecular weight excluding hydrogens is 288 g/mol. The number of rotatable bonds is 6. The highest BCUT2D eigenvalue weighted by atomic mass is 79.9. The largest absolute Gasteiger partial charge is 0.351 e. The lowest BCUT2D eigenvalue weighted by Crippen LogP contribution is -2.33. The van der Waals surface area contributed by atoms with Crippen LogP contribution >= 0.6 is 27.3 Å². The summed E-state index contributed by atoms with van der Waals surface area (Å²) >= 11 is 5.08. The predicted octanol–water partition coefficient (Wildman–Crippen LogP) is 2.51. The van der Waals surface area contributed by atoms with E-state index in [1.807, 2.05) is 25.3 Å². The maximum Gasteiger partial charge on any atom is 0.221 e. The van der Waals surface area contributed by atoms with Gasteiger partial charge in [-0.2, -0.15) is 0 Å². The minimum atomic E-state index is 0.0914. The number of amides is 1. The van der Waals surface area contributed by atoms with Gasteiger partial charge < -0.3 is 10.6 Å². The molecule has 1 aromatic heterocycles. The Kier molecular flexibility index (Phi) is 6.01. The van der Waals surface area contributed by atoms with Gasteiger partial charge in [-0.15, -0.1) is 11.3 Å². The van der Waals surface area contributed by atoms with Crippen molar-refractivity contribution in [1.29, 1.82) is 0 Å². The van der Waals surface area contributed by atoms with E-state index in [4.69, 9.17) is 0 Å². The molecule has 90 valence electrons. The molecule has 1 amide bonds. The number of hydrogen-bond donors (Lipinski definition) is 2. The maximum absolute atomic E-state index is 11.6. The average molecular weight is 305 g/mol. The molecule has 0 aliphatic heterocycles. The van der Waals surface area contributed by atoms with Crippen molar-refractivity contribution in [3.05, 3.63) is 20.8 Å². The van der Waals surface area contributed by atoms with Crippen LogP contribution in [0.2, 0.25) is 0 Å². The molecule has 0 fully saturated rings. The lowest BCUT2D eigenvalue weighted by molar-refractivity contribution is -0.121. The van der Waals surface area contributed by atoms with Crippen molar-refractivity contribution in [1.82, 2.24) is 10.6 Å². The Morgan fingerprint density at radius 2 is 2.38 bits per heavy atom. The maximum atomic E-state index is 11.6. The Labute approximate surface area is 109 Å². The Morgan fingerprint density at radius 3 is 2.94 bits per heavy atom. The molecule has 5 heteroatoms. The van der Waals surface area contributed by atoms with Gasteiger partial charge >= 0.3 is 0 Å². The third-order valence-electron chi connectivity index (χ3n) is 2.18. The molecule has 1 unspecified atom stereocenters. The Bertz CT molecular complexity index is 340. The Balaban J connectivity index is 2.28. The molecule has 3 nitrogen and oxygen atoms in total. The van der Waals surface area contributed by atoms with E-state index in [1.165, 1.54) is 0 Å². The molecule has 0 radical (unpaired) electrons. The normalized spacial score (nSPS) is 12.4. The summed E-state index contributed by atoms with van der Waals surface area (Å²) in [4.78, 5) is 12.7. The van der Waals surface area contributed by atoms with Gasteiger partial charge in [0.15, 0.2) is 0 Å². The molecular formula is C11H17BrN2OS. The zero-order valence-corrected chi connectivity index (χ0v) is 12.0. The van der Waals surface area contributed by atoms with Crippen LogP contribution in [0, 0.1) is 0 Å². The van der Waals surface area contributed by atoms with Gasteiger partial charge in [-0.1, -0.05) is 6.92 Å². The first-order chi connectivity index (χ1) is 7.63. The first kappa shape index (κ1) is 13.7. The van der Waals surface area contributed by atoms with Crippen LogP contribution in [0.15, 0.2) is 15.9 Å². The number of carbonyl (C=O) groups is 1. The molecule has 0 saturated carbocycles. The van der Waals surface area contributed by atoms with Crippen molar-refractivity contribution in [3.8, 4) is 0 Å². The molecule has 16 heavy (non-hydrogen) atoms. The predicted molar refractivity (Wildman–Crippen MR) is 71.6 cm³/mol. The zero-order chi connectivity index (χ0) is 12.0. The van der Waals surface area contributed by atoms with E-state index in [-0.39, 0.29) is 11.9 Å². The smallest absolute Gasteiger partial charge is 0.221 e. The van der Waals surface area contributed by atoms with Crippen molar-refractivity contribution in [3.63, 3.8) is 0 Å². The summed E-state index contributed by atoms with van der Waals surface area (Å²) in [6, 6.07) is 2.23. The van der Waals surface area contributed by atoms with E-state index < -0.39 is 0 Å². The van der Waals surface area contributed by atoms with Crippen molar-refractivity contribution < 1.29 is 4.79 Å². The average Bonchev–Trinajstić information content (AvgIpc) is 2.61. The molecule has 2 N–H and O–H groups in total. The summed E-state index contributed by atoms with van der Waals surface area (Å²) in [5, 5.41) is 8.14. The van der Waals surface area contributed by atoms with E-state index in [0.29, 0.717) is 13.0 Å². The van der Waals surface area contributed by atoms with Gasteiger partial charge in [0.25, 0.3) is 0 Å². The monoisotopic (exact) mass is 304 g/mol. The molecule has 0 spiro atoms. The summed E-state index contributed by atoms with van der Waals surface area (Å²) in [6.45, 7) is 5.56. The van der Waals surface area contributed by atoms with Crippen LogP contribution in [0.3, 0.4) is 0 Å². The van der Waals surface area contributed by atoms with Crippen LogP contribution in [-0.2, 0) is 11.3 Å². The number of hydrogen-bond acceptors (Lipinski definition) is 3. The van der Waals surface area contributed by atoms with Crippen LogP contribution in [-0.4, -0.2) is 18.5 Å². The number of halogens is 1. The SMILES string of the molecule is CCNC(C)CC(=O)NCc1sccc1Br. The molecule has 1 heterocycles. The first-order valence-corrected chi connectivity index (χ1v) is 7.02. The fourth-order valence-electron chi connectivity index (χ4n) is 1.40.